The largest absolute Gasteiger partial charge is 0.394 e. The first kappa shape index (κ1) is 17.6. The van der Waals surface area contributed by atoms with Crippen LogP contribution in [0.4, 0.5) is 0 Å². The van der Waals surface area contributed by atoms with Crippen LogP contribution in [-0.4, -0.2) is 21.4 Å². The van der Waals surface area contributed by atoms with E-state index >= 15 is 0 Å². The van der Waals surface area contributed by atoms with Crippen molar-refractivity contribution in [2.24, 2.45) is 0 Å². The van der Waals surface area contributed by atoms with E-state index in [1.54, 1.807) is 4.57 Å². The minimum absolute atomic E-state index is 0.0804. The van der Waals surface area contributed by atoms with Gasteiger partial charge in [-0.05, 0) is 23.3 Å². The maximum atomic E-state index is 12.0. The molecule has 0 aliphatic rings. The van der Waals surface area contributed by atoms with Gasteiger partial charge in [-0.25, -0.2) is 4.98 Å². The first-order valence-corrected chi connectivity index (χ1v) is 8.97. The maximum absolute atomic E-state index is 12.0. The molecule has 0 spiro atoms. The number of carbonyl (C=O) groups excluding carboxylic acids is 2. The third kappa shape index (κ3) is 3.88. The Morgan fingerprint density at radius 1 is 1.12 bits per heavy atom. The fourth-order valence-corrected chi connectivity index (χ4v) is 3.76. The molecule has 5 nitrogen and oxygen atoms in total. The molecule has 7 heteroatoms. The summed E-state index contributed by atoms with van der Waals surface area (Å²) in [4.78, 5) is 28.1. The lowest BCUT2D eigenvalue weighted by atomic mass is 10.1. The van der Waals surface area contributed by atoms with E-state index in [0.717, 1.165) is 22.2 Å². The van der Waals surface area contributed by atoms with E-state index in [2.05, 4.69) is 22.1 Å². The number of aromatic nitrogens is 2. The van der Waals surface area contributed by atoms with Gasteiger partial charge in [0, 0.05) is 25.6 Å². The number of para-hydroxylation sites is 2. The Morgan fingerprint density at radius 2 is 1.80 bits per heavy atom. The lowest BCUT2D eigenvalue weighted by Gasteiger charge is -2.08. The zero-order valence-electron chi connectivity index (χ0n) is 13.5. The molecule has 0 atom stereocenters. The molecule has 25 heavy (non-hydrogen) atoms. The second-order valence-electron chi connectivity index (χ2n) is 5.43. The second kappa shape index (κ2) is 7.76. The Hall–Kier alpha value is -2.25. The van der Waals surface area contributed by atoms with E-state index in [1.807, 2.05) is 48.5 Å². The van der Waals surface area contributed by atoms with Gasteiger partial charge in [-0.3, -0.25) is 14.2 Å². The Bertz CT molecular complexity index is 937. The summed E-state index contributed by atoms with van der Waals surface area (Å²) in [5.41, 5.74) is 3.45. The number of imidazole rings is 1. The fourth-order valence-electron chi connectivity index (χ4n) is 2.61. The molecular formula is C18H16N2O3S2. The minimum Gasteiger partial charge on any atom is -0.394 e. The summed E-state index contributed by atoms with van der Waals surface area (Å²) in [6, 6.07) is 15.2. The van der Waals surface area contributed by atoms with Gasteiger partial charge in [-0.1, -0.05) is 48.2 Å². The van der Waals surface area contributed by atoms with Crippen LogP contribution in [-0.2, 0) is 21.2 Å². The smallest absolute Gasteiger partial charge is 0.322 e. The molecule has 3 aromatic rings. The standard InChI is InChI=1S/C18H16N2O3S2/c1-12(21)20-16-9-5-4-8-15(16)19-18(20)25-11-14-7-3-2-6-13(14)10-17(22)23-24/h2-9,24H,10-11H2,1H3. The topological polar surface area (TPSA) is 61.2 Å². The van der Waals surface area contributed by atoms with Crippen molar-refractivity contribution >= 4 is 47.6 Å². The van der Waals surface area contributed by atoms with Gasteiger partial charge in [0.2, 0.25) is 5.91 Å². The molecule has 0 radical (unpaired) electrons. The van der Waals surface area contributed by atoms with Gasteiger partial charge in [-0.2, -0.15) is 0 Å². The average molecular weight is 372 g/mol. The van der Waals surface area contributed by atoms with Crippen molar-refractivity contribution in [1.29, 1.82) is 0 Å². The van der Waals surface area contributed by atoms with Crippen molar-refractivity contribution in [3.05, 3.63) is 59.7 Å². The normalized spacial score (nSPS) is 10.8. The Balaban J connectivity index is 1.88. The highest BCUT2D eigenvalue weighted by atomic mass is 32.2. The van der Waals surface area contributed by atoms with Crippen LogP contribution in [0, 0.1) is 0 Å². The molecule has 0 bridgehead atoms. The molecule has 128 valence electrons. The van der Waals surface area contributed by atoms with Crippen LogP contribution < -0.4 is 0 Å². The molecule has 1 heterocycles. The zero-order chi connectivity index (χ0) is 17.8. The van der Waals surface area contributed by atoms with Crippen molar-refractivity contribution in [3.8, 4) is 0 Å². The van der Waals surface area contributed by atoms with Crippen molar-refractivity contribution in [2.45, 2.75) is 24.3 Å². The van der Waals surface area contributed by atoms with Gasteiger partial charge in [0.15, 0.2) is 5.16 Å². The summed E-state index contributed by atoms with van der Waals surface area (Å²) in [5.74, 6) is 0.104. The summed E-state index contributed by atoms with van der Waals surface area (Å²) in [7, 11) is 0. The van der Waals surface area contributed by atoms with Gasteiger partial charge in [-0.15, -0.1) is 0 Å². The van der Waals surface area contributed by atoms with E-state index in [9.17, 15) is 9.59 Å². The van der Waals surface area contributed by atoms with Gasteiger partial charge < -0.3 is 4.18 Å². The highest BCUT2D eigenvalue weighted by molar-refractivity contribution is 7.98. The molecule has 3 rings (SSSR count). The van der Waals surface area contributed by atoms with Crippen molar-refractivity contribution in [2.75, 3.05) is 0 Å². The quantitative estimate of drug-likeness (QED) is 0.418. The number of benzene rings is 2. The van der Waals surface area contributed by atoms with Gasteiger partial charge in [0.05, 0.1) is 17.5 Å². The summed E-state index contributed by atoms with van der Waals surface area (Å²) < 4.78 is 6.07. The zero-order valence-corrected chi connectivity index (χ0v) is 15.2. The molecule has 0 fully saturated rings. The van der Waals surface area contributed by atoms with Gasteiger partial charge in [0.1, 0.15) is 0 Å². The monoisotopic (exact) mass is 372 g/mol. The average Bonchev–Trinajstić information content (AvgIpc) is 2.99. The number of thiol groups is 1. The SMILES string of the molecule is CC(=O)n1c(SCc2ccccc2CC(=O)OS)nc2ccccc21. The van der Waals surface area contributed by atoms with Crippen LogP contribution >= 0.6 is 24.7 Å². The Morgan fingerprint density at radius 3 is 2.52 bits per heavy atom. The summed E-state index contributed by atoms with van der Waals surface area (Å²) >= 11 is 5.01. The van der Waals surface area contributed by atoms with E-state index in [0.29, 0.717) is 10.9 Å². The molecule has 0 amide bonds. The molecule has 0 aliphatic carbocycles. The number of rotatable bonds is 5. The predicted molar refractivity (Wildman–Crippen MR) is 101 cm³/mol. The van der Waals surface area contributed by atoms with Gasteiger partial charge >= 0.3 is 5.97 Å². The molecule has 0 saturated carbocycles. The molecule has 0 aliphatic heterocycles. The lowest BCUT2D eigenvalue weighted by Crippen LogP contribution is -2.07. The maximum Gasteiger partial charge on any atom is 0.322 e. The number of thioether (sulfide) groups is 1. The van der Waals surface area contributed by atoms with E-state index < -0.39 is 5.97 Å². The molecule has 0 N–H and O–H groups in total. The Kier molecular flexibility index (Phi) is 5.45. The molecular weight excluding hydrogens is 356 g/mol. The second-order valence-corrected chi connectivity index (χ2v) is 6.56. The van der Waals surface area contributed by atoms with E-state index in [1.165, 1.54) is 18.7 Å². The molecule has 2 aromatic carbocycles. The molecule has 0 saturated heterocycles. The van der Waals surface area contributed by atoms with Crippen LogP contribution in [0.1, 0.15) is 22.8 Å². The minimum atomic E-state index is -0.406. The summed E-state index contributed by atoms with van der Waals surface area (Å²) in [5, 5.41) is 0.639. The van der Waals surface area contributed by atoms with Crippen LogP contribution in [0.5, 0.6) is 0 Å². The number of carbonyl (C=O) groups is 2. The highest BCUT2D eigenvalue weighted by Crippen LogP contribution is 2.28. The fraction of sp³-hybridized carbons (Fsp3) is 0.167. The number of hydrogen-bond donors (Lipinski definition) is 1. The van der Waals surface area contributed by atoms with E-state index in [4.69, 9.17) is 0 Å². The number of nitrogens with zero attached hydrogens (tertiary/aromatic N) is 2. The molecule has 0 unspecified atom stereocenters. The highest BCUT2D eigenvalue weighted by Gasteiger charge is 2.15. The third-order valence-corrected chi connectivity index (χ3v) is 4.95. The van der Waals surface area contributed by atoms with Crippen molar-refractivity contribution < 1.29 is 13.8 Å². The van der Waals surface area contributed by atoms with Crippen molar-refractivity contribution in [1.82, 2.24) is 9.55 Å². The first-order valence-electron chi connectivity index (χ1n) is 7.62. The number of hydrogen-bond acceptors (Lipinski definition) is 6. The van der Waals surface area contributed by atoms with Gasteiger partial charge in [0.25, 0.3) is 0 Å². The van der Waals surface area contributed by atoms with Crippen LogP contribution in [0.2, 0.25) is 0 Å². The van der Waals surface area contributed by atoms with Crippen LogP contribution in [0.25, 0.3) is 11.0 Å². The molecule has 1 aromatic heterocycles. The Labute approximate surface area is 155 Å². The first-order chi connectivity index (χ1) is 12.1. The van der Waals surface area contributed by atoms with Crippen LogP contribution in [0.15, 0.2) is 53.7 Å². The van der Waals surface area contributed by atoms with E-state index in [-0.39, 0.29) is 12.3 Å². The predicted octanol–water partition coefficient (Wildman–Crippen LogP) is 3.92. The number of fused-ring (bicyclic) bond motifs is 1. The summed E-state index contributed by atoms with van der Waals surface area (Å²) in [6.07, 6.45) is 0.156. The van der Waals surface area contributed by atoms with Crippen molar-refractivity contribution in [3.63, 3.8) is 0 Å². The third-order valence-electron chi connectivity index (χ3n) is 3.76. The lowest BCUT2D eigenvalue weighted by molar-refractivity contribution is -0.132. The van der Waals surface area contributed by atoms with Crippen LogP contribution in [0.3, 0.4) is 0 Å². The summed E-state index contributed by atoms with van der Waals surface area (Å²) in [6.45, 7) is 1.52.